The highest BCUT2D eigenvalue weighted by Gasteiger charge is 2.22. The molecular formula is C22H34N2O3S. The van der Waals surface area contributed by atoms with Crippen molar-refractivity contribution in [3.63, 3.8) is 0 Å². The molecule has 0 saturated heterocycles. The maximum absolute atomic E-state index is 12.5. The minimum Gasteiger partial charge on any atom is -0.467 e. The quantitative estimate of drug-likeness (QED) is 0.459. The van der Waals surface area contributed by atoms with Crippen molar-refractivity contribution in [3.05, 3.63) is 35.4 Å². The van der Waals surface area contributed by atoms with Gasteiger partial charge in [-0.25, -0.2) is 4.79 Å². The third kappa shape index (κ3) is 8.38. The molecule has 0 aromatic heterocycles. The highest BCUT2D eigenvalue weighted by atomic mass is 32.1. The van der Waals surface area contributed by atoms with Crippen molar-refractivity contribution in [1.82, 2.24) is 10.6 Å². The van der Waals surface area contributed by atoms with Gasteiger partial charge in [0.1, 0.15) is 6.04 Å². The number of benzene rings is 1. The van der Waals surface area contributed by atoms with Crippen LogP contribution < -0.4 is 10.6 Å². The summed E-state index contributed by atoms with van der Waals surface area (Å²) in [6.45, 7) is 10.5. The fraction of sp³-hybridized carbons (Fsp3) is 0.591. The van der Waals surface area contributed by atoms with Gasteiger partial charge in [-0.1, -0.05) is 64.2 Å². The number of amides is 1. The van der Waals surface area contributed by atoms with Crippen LogP contribution in [0.4, 0.5) is 0 Å². The zero-order valence-electron chi connectivity index (χ0n) is 17.9. The van der Waals surface area contributed by atoms with Crippen molar-refractivity contribution < 1.29 is 14.3 Å². The summed E-state index contributed by atoms with van der Waals surface area (Å²) in [5.74, 6) is 0.191. The van der Waals surface area contributed by atoms with Gasteiger partial charge in [-0.2, -0.15) is 0 Å². The van der Waals surface area contributed by atoms with Crippen LogP contribution in [0.2, 0.25) is 0 Å². The molecule has 0 saturated carbocycles. The fourth-order valence-corrected chi connectivity index (χ4v) is 3.17. The molecule has 1 amide bonds. The number of nitrogens with one attached hydrogen (secondary N) is 2. The number of hydrogen-bond donors (Lipinski definition) is 2. The SMILES string of the molecule is COC(=O)[C@H](CC(C)C)NC(=S)CNC(=O)[C@@H](C)c1ccc(CC(C)C)cc1. The second kappa shape index (κ2) is 11.8. The average molecular weight is 407 g/mol. The Balaban J connectivity index is 2.57. The summed E-state index contributed by atoms with van der Waals surface area (Å²) < 4.78 is 4.82. The second-order valence-electron chi connectivity index (χ2n) is 8.05. The number of esters is 1. The smallest absolute Gasteiger partial charge is 0.328 e. The molecule has 0 heterocycles. The molecule has 0 fully saturated rings. The van der Waals surface area contributed by atoms with Gasteiger partial charge in [0.25, 0.3) is 0 Å². The van der Waals surface area contributed by atoms with Gasteiger partial charge in [0, 0.05) is 0 Å². The molecule has 0 aliphatic rings. The Bertz CT molecular complexity index is 656. The van der Waals surface area contributed by atoms with Gasteiger partial charge in [0.2, 0.25) is 5.91 Å². The van der Waals surface area contributed by atoms with Crippen LogP contribution in [0.15, 0.2) is 24.3 Å². The molecule has 1 rings (SSSR count). The van der Waals surface area contributed by atoms with Gasteiger partial charge in [-0.15, -0.1) is 0 Å². The molecule has 28 heavy (non-hydrogen) atoms. The van der Waals surface area contributed by atoms with E-state index in [9.17, 15) is 9.59 Å². The van der Waals surface area contributed by atoms with E-state index in [0.29, 0.717) is 23.2 Å². The molecule has 156 valence electrons. The number of thiocarbonyl (C=S) groups is 1. The van der Waals surface area contributed by atoms with E-state index in [4.69, 9.17) is 17.0 Å². The zero-order valence-corrected chi connectivity index (χ0v) is 18.7. The van der Waals surface area contributed by atoms with Crippen LogP contribution in [0, 0.1) is 11.8 Å². The Kier molecular flexibility index (Phi) is 10.1. The Morgan fingerprint density at radius 3 is 2.14 bits per heavy atom. The van der Waals surface area contributed by atoms with Gasteiger partial charge in [0.05, 0.1) is 24.6 Å². The molecule has 2 atom stereocenters. The summed E-state index contributed by atoms with van der Waals surface area (Å²) in [5, 5.41) is 5.85. The maximum atomic E-state index is 12.5. The predicted molar refractivity (Wildman–Crippen MR) is 117 cm³/mol. The van der Waals surface area contributed by atoms with E-state index in [2.05, 4.69) is 36.6 Å². The summed E-state index contributed by atoms with van der Waals surface area (Å²) >= 11 is 5.30. The lowest BCUT2D eigenvalue weighted by molar-refractivity contribution is -0.143. The first kappa shape index (κ1) is 24.1. The highest BCUT2D eigenvalue weighted by molar-refractivity contribution is 7.80. The minimum atomic E-state index is -0.500. The molecule has 2 N–H and O–H groups in total. The predicted octanol–water partition coefficient (Wildman–Crippen LogP) is 3.61. The first-order valence-electron chi connectivity index (χ1n) is 9.87. The molecular weight excluding hydrogens is 372 g/mol. The normalized spacial score (nSPS) is 13.1. The van der Waals surface area contributed by atoms with Crippen LogP contribution in [-0.4, -0.2) is 36.6 Å². The maximum Gasteiger partial charge on any atom is 0.328 e. The summed E-state index contributed by atoms with van der Waals surface area (Å²) in [6.07, 6.45) is 1.64. The first-order valence-corrected chi connectivity index (χ1v) is 10.3. The molecule has 5 nitrogen and oxygen atoms in total. The monoisotopic (exact) mass is 406 g/mol. The number of carbonyl (C=O) groups is 2. The zero-order chi connectivity index (χ0) is 21.3. The van der Waals surface area contributed by atoms with E-state index < -0.39 is 6.04 Å². The van der Waals surface area contributed by atoms with Gasteiger partial charge in [0.15, 0.2) is 0 Å². The Morgan fingerprint density at radius 1 is 1.04 bits per heavy atom. The van der Waals surface area contributed by atoms with Gasteiger partial charge in [-0.3, -0.25) is 4.79 Å². The van der Waals surface area contributed by atoms with E-state index in [1.54, 1.807) is 0 Å². The third-order valence-electron chi connectivity index (χ3n) is 4.47. The topological polar surface area (TPSA) is 67.4 Å². The molecule has 1 aromatic rings. The standard InChI is InChI=1S/C22H34N2O3S/c1-14(2)11-17-7-9-18(10-8-17)16(5)21(25)23-13-20(28)24-19(12-15(3)4)22(26)27-6/h7-10,14-16,19H,11-13H2,1-6H3,(H,23,25)(H,24,28)/t16-,19-/m0/s1. The second-order valence-corrected chi connectivity index (χ2v) is 8.54. The van der Waals surface area contributed by atoms with Crippen molar-refractivity contribution in [2.75, 3.05) is 13.7 Å². The van der Waals surface area contributed by atoms with E-state index in [1.807, 2.05) is 32.9 Å². The number of rotatable bonds is 10. The Labute approximate surface area is 174 Å². The number of carbonyl (C=O) groups excluding carboxylic acids is 2. The molecule has 1 aromatic carbocycles. The largest absolute Gasteiger partial charge is 0.467 e. The summed E-state index contributed by atoms with van der Waals surface area (Å²) in [7, 11) is 1.36. The first-order chi connectivity index (χ1) is 13.1. The van der Waals surface area contributed by atoms with E-state index in [0.717, 1.165) is 12.0 Å². The van der Waals surface area contributed by atoms with Crippen LogP contribution in [0.1, 0.15) is 58.1 Å². The van der Waals surface area contributed by atoms with Crippen molar-refractivity contribution >= 4 is 29.1 Å². The Hall–Kier alpha value is -1.95. The fourth-order valence-electron chi connectivity index (χ4n) is 2.96. The lowest BCUT2D eigenvalue weighted by Gasteiger charge is -2.20. The number of ether oxygens (including phenoxy) is 1. The summed E-state index contributed by atoms with van der Waals surface area (Å²) in [4.78, 5) is 24.8. The van der Waals surface area contributed by atoms with Crippen LogP contribution in [0.5, 0.6) is 0 Å². The lowest BCUT2D eigenvalue weighted by atomic mass is 9.96. The van der Waals surface area contributed by atoms with Gasteiger partial charge < -0.3 is 15.4 Å². The highest BCUT2D eigenvalue weighted by Crippen LogP contribution is 2.17. The number of methoxy groups -OCH3 is 1. The van der Waals surface area contributed by atoms with Crippen molar-refractivity contribution in [2.24, 2.45) is 11.8 Å². The molecule has 0 bridgehead atoms. The Morgan fingerprint density at radius 2 is 1.64 bits per heavy atom. The van der Waals surface area contributed by atoms with Crippen LogP contribution in [0.25, 0.3) is 0 Å². The summed E-state index contributed by atoms with van der Waals surface area (Å²) in [5.41, 5.74) is 2.24. The molecule has 0 spiro atoms. The third-order valence-corrected chi connectivity index (χ3v) is 4.73. The molecule has 0 aliphatic heterocycles. The summed E-state index contributed by atoms with van der Waals surface area (Å²) in [6, 6.07) is 7.68. The minimum absolute atomic E-state index is 0.0979. The molecule has 0 aliphatic carbocycles. The van der Waals surface area contributed by atoms with Crippen molar-refractivity contribution in [3.8, 4) is 0 Å². The van der Waals surface area contributed by atoms with Crippen molar-refractivity contribution in [2.45, 2.75) is 59.4 Å². The van der Waals surface area contributed by atoms with E-state index in [1.165, 1.54) is 12.7 Å². The van der Waals surface area contributed by atoms with E-state index in [-0.39, 0.29) is 24.3 Å². The van der Waals surface area contributed by atoms with Crippen molar-refractivity contribution in [1.29, 1.82) is 0 Å². The van der Waals surface area contributed by atoms with Crippen LogP contribution in [0.3, 0.4) is 0 Å². The molecule has 0 unspecified atom stereocenters. The average Bonchev–Trinajstić information content (AvgIpc) is 2.64. The number of hydrogen-bond acceptors (Lipinski definition) is 4. The van der Waals surface area contributed by atoms with Crippen LogP contribution in [-0.2, 0) is 20.7 Å². The molecule has 0 radical (unpaired) electrons. The lowest BCUT2D eigenvalue weighted by Crippen LogP contribution is -2.46. The van der Waals surface area contributed by atoms with Gasteiger partial charge in [-0.05, 0) is 42.7 Å². The van der Waals surface area contributed by atoms with Gasteiger partial charge >= 0.3 is 5.97 Å². The molecule has 6 heteroatoms. The van der Waals surface area contributed by atoms with E-state index >= 15 is 0 Å². The van der Waals surface area contributed by atoms with Crippen LogP contribution >= 0.6 is 12.2 Å².